The largest absolute Gasteiger partial charge is 0.464 e. The lowest BCUT2D eigenvalue weighted by atomic mass is 9.95. The van der Waals surface area contributed by atoms with E-state index in [0.29, 0.717) is 5.52 Å². The van der Waals surface area contributed by atoms with Gasteiger partial charge in [0.2, 0.25) is 5.60 Å². The topological polar surface area (TPSA) is 216 Å². The highest BCUT2D eigenvalue weighted by Crippen LogP contribution is 2.50. The van der Waals surface area contributed by atoms with Crippen LogP contribution in [0.4, 0.5) is 5.82 Å². The number of esters is 3. The molecule has 3 N–H and O–H groups in total. The van der Waals surface area contributed by atoms with Crippen LogP contribution in [0.25, 0.3) is 5.52 Å². The fraction of sp³-hybridized carbons (Fsp3) is 0.529. The van der Waals surface area contributed by atoms with Gasteiger partial charge in [0.1, 0.15) is 42.4 Å². The molecule has 1 aliphatic rings. The molecular formula is C34H45N6O10P. The minimum Gasteiger partial charge on any atom is -0.464 e. The summed E-state index contributed by atoms with van der Waals surface area (Å²) >= 11 is 0. The number of benzene rings is 1. The molecule has 0 amide bonds. The zero-order valence-corrected chi connectivity index (χ0v) is 30.8. The molecule has 4 rings (SSSR count). The molecule has 51 heavy (non-hydrogen) atoms. The number of nitrogens with zero attached hydrogens (tertiary/aromatic N) is 4. The number of aromatic nitrogens is 3. The van der Waals surface area contributed by atoms with Crippen molar-refractivity contribution >= 4 is 37.0 Å². The summed E-state index contributed by atoms with van der Waals surface area (Å²) in [6.45, 7) is 12.7. The summed E-state index contributed by atoms with van der Waals surface area (Å²) in [6.07, 6.45) is -3.11. The molecule has 0 bridgehead atoms. The van der Waals surface area contributed by atoms with E-state index >= 15 is 0 Å². The lowest BCUT2D eigenvalue weighted by Crippen LogP contribution is -2.50. The normalized spacial score (nSPS) is 22.3. The summed E-state index contributed by atoms with van der Waals surface area (Å²) in [6, 6.07) is 12.0. The SMILES string of the molecule is CC(C)C(=O)O[C@H]1[C@H](c2ccc3c(N)ncnn23)O[C@](C#N)(COP(=O)(N[C@@H](C)C(=O)OCC(C)(C)C)Oc2ccccc2)[C@H]1OC(=O)C(C)C. The molecule has 1 aromatic carbocycles. The lowest BCUT2D eigenvalue weighted by Gasteiger charge is -2.31. The third kappa shape index (κ3) is 9.42. The van der Waals surface area contributed by atoms with Gasteiger partial charge in [-0.25, -0.2) is 14.1 Å². The highest BCUT2D eigenvalue weighted by molar-refractivity contribution is 7.52. The minimum absolute atomic E-state index is 0.0830. The Morgan fingerprint density at radius 3 is 2.29 bits per heavy atom. The number of carbonyl (C=O) groups excluding carboxylic acids is 3. The van der Waals surface area contributed by atoms with E-state index in [-0.39, 0.29) is 29.3 Å². The van der Waals surface area contributed by atoms with Gasteiger partial charge in [-0.1, -0.05) is 66.7 Å². The monoisotopic (exact) mass is 728 g/mol. The Morgan fingerprint density at radius 1 is 1.04 bits per heavy atom. The number of anilines is 1. The summed E-state index contributed by atoms with van der Waals surface area (Å²) in [5, 5.41) is 17.7. The number of nitrogen functional groups attached to an aromatic ring is 1. The second-order valence-electron chi connectivity index (χ2n) is 14.0. The Hall–Kier alpha value is -4.55. The van der Waals surface area contributed by atoms with Crippen LogP contribution in [0.2, 0.25) is 0 Å². The number of nitrogens with one attached hydrogen (secondary N) is 1. The van der Waals surface area contributed by atoms with Crippen molar-refractivity contribution in [2.24, 2.45) is 17.3 Å². The molecule has 1 unspecified atom stereocenters. The highest BCUT2D eigenvalue weighted by Gasteiger charge is 2.62. The van der Waals surface area contributed by atoms with Crippen LogP contribution in [-0.4, -0.2) is 69.6 Å². The van der Waals surface area contributed by atoms with E-state index in [1.807, 2.05) is 26.8 Å². The zero-order valence-electron chi connectivity index (χ0n) is 29.9. The first-order chi connectivity index (χ1) is 23.9. The van der Waals surface area contributed by atoms with Crippen molar-refractivity contribution in [3.63, 3.8) is 0 Å². The van der Waals surface area contributed by atoms with Crippen LogP contribution in [0.5, 0.6) is 5.75 Å². The van der Waals surface area contributed by atoms with Gasteiger partial charge in [-0.15, -0.1) is 0 Å². The zero-order chi connectivity index (χ0) is 37.7. The van der Waals surface area contributed by atoms with Gasteiger partial charge >= 0.3 is 25.7 Å². The molecule has 276 valence electrons. The predicted octanol–water partition coefficient (Wildman–Crippen LogP) is 4.55. The van der Waals surface area contributed by atoms with Gasteiger partial charge in [-0.05, 0) is 36.6 Å². The molecule has 2 aromatic heterocycles. The van der Waals surface area contributed by atoms with Crippen LogP contribution < -0.4 is 15.3 Å². The van der Waals surface area contributed by atoms with Gasteiger partial charge in [0.15, 0.2) is 18.0 Å². The van der Waals surface area contributed by atoms with Crippen molar-refractivity contribution in [2.45, 2.75) is 85.3 Å². The molecule has 16 nitrogen and oxygen atoms in total. The summed E-state index contributed by atoms with van der Waals surface area (Å²) in [4.78, 5) is 43.2. The number of hydrogen-bond donors (Lipinski definition) is 2. The number of ether oxygens (including phenoxy) is 4. The standard InChI is InChI=1S/C34H45N6O10P/c1-20(2)30(41)47-27-26(24-14-15-25-29(36)37-19-38-40(24)25)49-34(16-35,28(27)48-31(42)21(3)4)18-46-51(44,50-23-12-10-9-11-13-23)39-22(5)32(43)45-17-33(6,7)8/h9-15,19-22,26-28H,17-18H2,1-8H3,(H,39,44)(H2,36,37,38)/t22-,26-,27-,28-,34+,51?/m0/s1. The van der Waals surface area contributed by atoms with E-state index in [1.54, 1.807) is 58.0 Å². The molecule has 1 fully saturated rings. The molecule has 0 spiro atoms. The smallest absolute Gasteiger partial charge is 0.459 e. The maximum Gasteiger partial charge on any atom is 0.459 e. The van der Waals surface area contributed by atoms with Gasteiger partial charge in [-0.2, -0.15) is 15.4 Å². The molecule has 1 aliphatic heterocycles. The molecular weight excluding hydrogens is 683 g/mol. The fourth-order valence-corrected chi connectivity index (χ4v) is 6.37. The Kier molecular flexibility index (Phi) is 12.1. The van der Waals surface area contributed by atoms with Crippen LogP contribution in [-0.2, 0) is 42.4 Å². The Labute approximate surface area is 296 Å². The summed E-state index contributed by atoms with van der Waals surface area (Å²) in [5.41, 5.74) is 4.14. The number of nitriles is 1. The fourth-order valence-electron chi connectivity index (χ4n) is 4.85. The predicted molar refractivity (Wildman–Crippen MR) is 183 cm³/mol. The van der Waals surface area contributed by atoms with Crippen LogP contribution >= 0.6 is 7.75 Å². The third-order valence-electron chi connectivity index (χ3n) is 7.59. The van der Waals surface area contributed by atoms with Gasteiger partial charge in [0.25, 0.3) is 0 Å². The lowest BCUT2D eigenvalue weighted by molar-refractivity contribution is -0.173. The summed E-state index contributed by atoms with van der Waals surface area (Å²) in [5.74, 6) is -3.18. The Balaban J connectivity index is 1.77. The maximum absolute atomic E-state index is 14.5. The van der Waals surface area contributed by atoms with E-state index < -0.39 is 74.1 Å². The molecule has 3 heterocycles. The molecule has 3 aromatic rings. The number of hydrogen-bond acceptors (Lipinski definition) is 14. The van der Waals surface area contributed by atoms with E-state index in [9.17, 15) is 24.2 Å². The van der Waals surface area contributed by atoms with Gasteiger partial charge in [0, 0.05) is 0 Å². The first-order valence-corrected chi connectivity index (χ1v) is 17.9. The van der Waals surface area contributed by atoms with E-state index in [2.05, 4.69) is 15.2 Å². The van der Waals surface area contributed by atoms with Crippen LogP contribution in [0, 0.1) is 28.6 Å². The number of rotatable bonds is 14. The van der Waals surface area contributed by atoms with Crippen molar-refractivity contribution in [1.29, 1.82) is 5.26 Å². The highest BCUT2D eigenvalue weighted by atomic mass is 31.2. The van der Waals surface area contributed by atoms with Gasteiger partial charge in [0.05, 0.1) is 24.1 Å². The van der Waals surface area contributed by atoms with E-state index in [4.69, 9.17) is 33.7 Å². The Bertz CT molecular complexity index is 1800. The van der Waals surface area contributed by atoms with Crippen LogP contribution in [0.3, 0.4) is 0 Å². The van der Waals surface area contributed by atoms with Crippen molar-refractivity contribution in [3.05, 3.63) is 54.5 Å². The summed E-state index contributed by atoms with van der Waals surface area (Å²) < 4.78 is 51.1. The number of nitrogens with two attached hydrogens (primary N) is 1. The van der Waals surface area contributed by atoms with E-state index in [0.717, 1.165) is 0 Å². The number of carbonyl (C=O) groups is 3. The first kappa shape index (κ1) is 39.2. The third-order valence-corrected chi connectivity index (χ3v) is 9.22. The second kappa shape index (κ2) is 15.8. The van der Waals surface area contributed by atoms with Crippen LogP contribution in [0.15, 0.2) is 48.8 Å². The minimum atomic E-state index is -4.56. The van der Waals surface area contributed by atoms with Crippen molar-refractivity contribution in [3.8, 4) is 11.8 Å². The van der Waals surface area contributed by atoms with Crippen LogP contribution in [0.1, 0.15) is 67.2 Å². The Morgan fingerprint density at radius 2 is 1.69 bits per heavy atom. The number of fused-ring (bicyclic) bond motifs is 1. The molecule has 0 saturated carbocycles. The van der Waals surface area contributed by atoms with Crippen molar-refractivity contribution in [2.75, 3.05) is 18.9 Å². The molecule has 1 saturated heterocycles. The number of para-hydroxylation sites is 1. The summed E-state index contributed by atoms with van der Waals surface area (Å²) in [7, 11) is -4.56. The average Bonchev–Trinajstić information content (AvgIpc) is 3.62. The maximum atomic E-state index is 14.5. The first-order valence-electron chi connectivity index (χ1n) is 16.4. The molecule has 0 radical (unpaired) electrons. The molecule has 0 aliphatic carbocycles. The van der Waals surface area contributed by atoms with Crippen molar-refractivity contribution in [1.82, 2.24) is 19.7 Å². The molecule has 6 atom stereocenters. The second-order valence-corrected chi connectivity index (χ2v) is 15.7. The van der Waals surface area contributed by atoms with Crippen molar-refractivity contribution < 1.29 is 46.9 Å². The van der Waals surface area contributed by atoms with E-state index in [1.165, 1.54) is 29.9 Å². The molecule has 17 heteroatoms. The van der Waals surface area contributed by atoms with Gasteiger partial charge in [-0.3, -0.25) is 18.9 Å². The quantitative estimate of drug-likeness (QED) is 0.132. The van der Waals surface area contributed by atoms with Gasteiger partial charge < -0.3 is 29.2 Å². The average molecular weight is 729 g/mol.